The zero-order chi connectivity index (χ0) is 33.6. The summed E-state index contributed by atoms with van der Waals surface area (Å²) >= 11 is 0. The molecule has 0 aromatic rings. The molecule has 2 rings (SSSR count). The van der Waals surface area contributed by atoms with Crippen LogP contribution in [-0.4, -0.2) is 142 Å². The van der Waals surface area contributed by atoms with Gasteiger partial charge in [-0.05, 0) is 31.8 Å². The van der Waals surface area contributed by atoms with E-state index in [0.717, 1.165) is 58.8 Å². The van der Waals surface area contributed by atoms with E-state index in [4.69, 9.17) is 23.7 Å². The maximum atomic E-state index is 12.2. The van der Waals surface area contributed by atoms with Crippen molar-refractivity contribution in [3.05, 3.63) is 49.1 Å². The molecule has 13 heteroatoms. The molecule has 2 saturated heterocycles. The fraction of sp³-hybridized carbons (Fsp3) is 0.636. The SMILES string of the molecule is CCC(C)OC(=O)/C=C/N1CCN(/C=C/C(=O)OCCC(C)COCC(=O)/C=C/N2CCN(/C=C/C(=O)OCCOC)CC2)CC1. The number of ether oxygens (including phenoxy) is 5. The number of hydrogen-bond acceptors (Lipinski definition) is 13. The van der Waals surface area contributed by atoms with Crippen LogP contribution in [0, 0.1) is 5.92 Å². The predicted molar refractivity (Wildman–Crippen MR) is 172 cm³/mol. The third-order valence-electron chi connectivity index (χ3n) is 7.36. The molecule has 0 radical (unpaired) electrons. The van der Waals surface area contributed by atoms with Gasteiger partial charge < -0.3 is 43.3 Å². The van der Waals surface area contributed by atoms with Gasteiger partial charge in [-0.2, -0.15) is 0 Å². The van der Waals surface area contributed by atoms with Crippen molar-refractivity contribution in [3.63, 3.8) is 0 Å². The molecule has 0 aliphatic carbocycles. The second-order valence-electron chi connectivity index (χ2n) is 11.3. The van der Waals surface area contributed by atoms with Crippen LogP contribution < -0.4 is 0 Å². The Morgan fingerprint density at radius 2 is 1.11 bits per heavy atom. The Labute approximate surface area is 273 Å². The second-order valence-corrected chi connectivity index (χ2v) is 11.3. The zero-order valence-electron chi connectivity index (χ0n) is 27.8. The maximum absolute atomic E-state index is 12.2. The molecular formula is C33H52N4O9. The molecule has 0 bridgehead atoms. The standard InChI is InChI=1S/C33H52N4O9/c1-5-29(3)46-33(41)9-14-37-21-19-35(20-22-37)12-7-31(39)44-23-10-28(2)26-43-27-30(38)6-11-34-15-17-36(18-16-34)13-8-32(40)45-25-24-42-4/h6-9,11-14,28-29H,5,10,15-27H2,1-4H3/b11-6+,12-7+,13-8+,14-9+. The van der Waals surface area contributed by atoms with Crippen LogP contribution in [0.2, 0.25) is 0 Å². The Hall–Kier alpha value is -3.84. The average Bonchev–Trinajstić information content (AvgIpc) is 3.05. The topological polar surface area (TPSA) is 127 Å². The van der Waals surface area contributed by atoms with Crippen LogP contribution >= 0.6 is 0 Å². The van der Waals surface area contributed by atoms with Gasteiger partial charge in [0, 0.05) is 109 Å². The Kier molecular flexibility index (Phi) is 18.9. The number of nitrogens with zero attached hydrogens (tertiary/aromatic N) is 4. The van der Waals surface area contributed by atoms with Crippen molar-refractivity contribution < 1.29 is 42.9 Å². The first-order valence-corrected chi connectivity index (χ1v) is 16.0. The lowest BCUT2D eigenvalue weighted by atomic mass is 10.1. The third-order valence-corrected chi connectivity index (χ3v) is 7.36. The number of rotatable bonds is 20. The largest absolute Gasteiger partial charge is 0.462 e. The summed E-state index contributed by atoms with van der Waals surface area (Å²) in [7, 11) is 1.55. The van der Waals surface area contributed by atoms with Crippen LogP contribution in [-0.2, 0) is 42.9 Å². The van der Waals surface area contributed by atoms with Crippen molar-refractivity contribution in [1.29, 1.82) is 0 Å². The molecule has 258 valence electrons. The number of carbonyl (C=O) groups is 4. The summed E-state index contributed by atoms with van der Waals surface area (Å²) in [5.74, 6) is -1.14. The molecule has 2 unspecified atom stereocenters. The molecule has 2 heterocycles. The van der Waals surface area contributed by atoms with Crippen LogP contribution in [0.3, 0.4) is 0 Å². The highest BCUT2D eigenvalue weighted by Crippen LogP contribution is 2.07. The molecule has 0 spiro atoms. The van der Waals surface area contributed by atoms with Gasteiger partial charge in [-0.3, -0.25) is 4.79 Å². The minimum Gasteiger partial charge on any atom is -0.462 e. The Morgan fingerprint density at radius 1 is 0.652 bits per heavy atom. The molecule has 2 aliphatic rings. The Balaban J connectivity index is 1.51. The van der Waals surface area contributed by atoms with Crippen molar-refractivity contribution in [2.24, 2.45) is 5.92 Å². The highest BCUT2D eigenvalue weighted by atomic mass is 16.6. The van der Waals surface area contributed by atoms with E-state index in [1.54, 1.807) is 31.9 Å². The summed E-state index contributed by atoms with van der Waals surface area (Å²) in [4.78, 5) is 55.9. The number of hydrogen-bond donors (Lipinski definition) is 0. The van der Waals surface area contributed by atoms with Gasteiger partial charge in [-0.1, -0.05) is 13.8 Å². The zero-order valence-corrected chi connectivity index (χ0v) is 27.8. The molecule has 0 N–H and O–H groups in total. The first-order valence-electron chi connectivity index (χ1n) is 16.0. The van der Waals surface area contributed by atoms with Gasteiger partial charge >= 0.3 is 17.9 Å². The molecule has 2 fully saturated rings. The van der Waals surface area contributed by atoms with Gasteiger partial charge in [0.15, 0.2) is 5.78 Å². The Morgan fingerprint density at radius 3 is 1.59 bits per heavy atom. The average molecular weight is 649 g/mol. The minimum absolute atomic E-state index is 0.0115. The lowest BCUT2D eigenvalue weighted by Crippen LogP contribution is -2.41. The number of esters is 3. The van der Waals surface area contributed by atoms with Gasteiger partial charge in [0.2, 0.25) is 0 Å². The van der Waals surface area contributed by atoms with E-state index in [0.29, 0.717) is 19.6 Å². The summed E-state index contributed by atoms with van der Waals surface area (Å²) in [5, 5.41) is 0. The first-order chi connectivity index (χ1) is 22.2. The molecule has 0 aromatic heterocycles. The van der Waals surface area contributed by atoms with Crippen molar-refractivity contribution in [2.45, 2.75) is 39.7 Å². The third kappa shape index (κ3) is 17.6. The number of carbonyl (C=O) groups excluding carboxylic acids is 4. The molecular weight excluding hydrogens is 596 g/mol. The van der Waals surface area contributed by atoms with Crippen LogP contribution in [0.4, 0.5) is 0 Å². The molecule has 2 aliphatic heterocycles. The lowest BCUT2D eigenvalue weighted by Gasteiger charge is -2.33. The molecule has 0 saturated carbocycles. The summed E-state index contributed by atoms with van der Waals surface area (Å²) in [6.45, 7) is 12.9. The molecule has 13 nitrogen and oxygen atoms in total. The van der Waals surface area contributed by atoms with Crippen LogP contribution in [0.15, 0.2) is 49.1 Å². The molecule has 46 heavy (non-hydrogen) atoms. The molecule has 0 amide bonds. The van der Waals surface area contributed by atoms with Gasteiger partial charge in [-0.15, -0.1) is 0 Å². The Bertz CT molecular complexity index is 1050. The van der Waals surface area contributed by atoms with Crippen molar-refractivity contribution in [1.82, 2.24) is 19.6 Å². The van der Waals surface area contributed by atoms with E-state index < -0.39 is 11.9 Å². The number of methoxy groups -OCH3 is 1. The summed E-state index contributed by atoms with van der Waals surface area (Å²) in [6.07, 6.45) is 14.1. The fourth-order valence-corrected chi connectivity index (χ4v) is 4.25. The van der Waals surface area contributed by atoms with E-state index in [1.807, 2.05) is 35.5 Å². The van der Waals surface area contributed by atoms with Crippen molar-refractivity contribution >= 4 is 23.7 Å². The smallest absolute Gasteiger partial charge is 0.332 e. The maximum Gasteiger partial charge on any atom is 0.332 e. The second kappa shape index (κ2) is 22.6. The van der Waals surface area contributed by atoms with E-state index >= 15 is 0 Å². The number of ketones is 1. The van der Waals surface area contributed by atoms with Crippen LogP contribution in [0.25, 0.3) is 0 Å². The normalized spacial score (nSPS) is 17.3. The summed E-state index contributed by atoms with van der Waals surface area (Å²) < 4.78 is 26.0. The fourth-order valence-electron chi connectivity index (χ4n) is 4.25. The molecule has 0 aromatic carbocycles. The van der Waals surface area contributed by atoms with Gasteiger partial charge in [0.25, 0.3) is 0 Å². The van der Waals surface area contributed by atoms with E-state index in [2.05, 4.69) is 4.90 Å². The summed E-state index contributed by atoms with van der Waals surface area (Å²) in [5.41, 5.74) is 0. The predicted octanol–water partition coefficient (Wildman–Crippen LogP) is 1.96. The first kappa shape index (κ1) is 38.3. The molecule has 2 atom stereocenters. The van der Waals surface area contributed by atoms with E-state index in [-0.39, 0.29) is 43.6 Å². The lowest BCUT2D eigenvalue weighted by molar-refractivity contribution is -0.142. The van der Waals surface area contributed by atoms with Crippen LogP contribution in [0.1, 0.15) is 33.6 Å². The summed E-state index contributed by atoms with van der Waals surface area (Å²) in [6, 6.07) is 0. The number of piperazine rings is 2. The van der Waals surface area contributed by atoms with E-state index in [9.17, 15) is 19.2 Å². The van der Waals surface area contributed by atoms with Gasteiger partial charge in [0.1, 0.15) is 13.2 Å². The van der Waals surface area contributed by atoms with E-state index in [1.165, 1.54) is 24.3 Å². The van der Waals surface area contributed by atoms with Gasteiger partial charge in [0.05, 0.1) is 19.3 Å². The van der Waals surface area contributed by atoms with Crippen molar-refractivity contribution in [2.75, 3.05) is 92.5 Å². The van der Waals surface area contributed by atoms with Gasteiger partial charge in [-0.25, -0.2) is 14.4 Å². The quantitative estimate of drug-likeness (QED) is 0.0827. The van der Waals surface area contributed by atoms with Crippen molar-refractivity contribution in [3.8, 4) is 0 Å². The highest BCUT2D eigenvalue weighted by molar-refractivity contribution is 5.90. The van der Waals surface area contributed by atoms with Crippen LogP contribution in [0.5, 0.6) is 0 Å². The highest BCUT2D eigenvalue weighted by Gasteiger charge is 2.14. The monoisotopic (exact) mass is 648 g/mol. The minimum atomic E-state index is -0.402.